The number of thiophene rings is 1. The fourth-order valence-electron chi connectivity index (χ4n) is 2.45. The number of nitrogens with one attached hydrogen (secondary N) is 1. The number of anilines is 2. The van der Waals surface area contributed by atoms with Gasteiger partial charge in [0.2, 0.25) is 11.8 Å². The van der Waals surface area contributed by atoms with Crippen LogP contribution in [-0.2, 0) is 14.5 Å². The molecule has 1 amide bonds. The Bertz CT molecular complexity index is 1110. The summed E-state index contributed by atoms with van der Waals surface area (Å²) in [6, 6.07) is 10.6. The monoisotopic (exact) mass is 432 g/mol. The zero-order chi connectivity index (χ0) is 20.9. The number of hydrogen-bond donors (Lipinski definition) is 1. The third-order valence-corrected chi connectivity index (χ3v) is 6.35. The van der Waals surface area contributed by atoms with E-state index in [0.29, 0.717) is 22.4 Å². The summed E-state index contributed by atoms with van der Waals surface area (Å²) in [5, 5.41) is 5.05. The SMILES string of the molecule is CCOC(=O)N=S(C)(=O)c1ccc(Nc2ncc(-c3cccs3)c(OC)n2)cc1. The summed E-state index contributed by atoms with van der Waals surface area (Å²) in [5.74, 6) is 0.828. The van der Waals surface area contributed by atoms with Crippen LogP contribution in [0.2, 0.25) is 0 Å². The summed E-state index contributed by atoms with van der Waals surface area (Å²) in [5.41, 5.74) is 1.50. The lowest BCUT2D eigenvalue weighted by atomic mass is 10.2. The number of hydrogen-bond acceptors (Lipinski definition) is 8. The molecule has 0 spiro atoms. The Morgan fingerprint density at radius 2 is 2.03 bits per heavy atom. The Labute approximate surface area is 173 Å². The van der Waals surface area contributed by atoms with Crippen LogP contribution in [0.1, 0.15) is 6.92 Å². The number of nitrogens with zero attached hydrogens (tertiary/aromatic N) is 3. The highest BCUT2D eigenvalue weighted by Crippen LogP contribution is 2.32. The number of carbonyl (C=O) groups is 1. The van der Waals surface area contributed by atoms with Crippen LogP contribution in [0, 0.1) is 0 Å². The van der Waals surface area contributed by atoms with Crippen LogP contribution in [0.15, 0.2) is 57.2 Å². The molecule has 1 aromatic carbocycles. The maximum absolute atomic E-state index is 12.6. The summed E-state index contributed by atoms with van der Waals surface area (Å²) in [7, 11) is -1.33. The average molecular weight is 433 g/mol. The zero-order valence-electron chi connectivity index (χ0n) is 16.1. The maximum atomic E-state index is 12.6. The number of amides is 1. The highest BCUT2D eigenvalue weighted by atomic mass is 32.2. The maximum Gasteiger partial charge on any atom is 0.442 e. The lowest BCUT2D eigenvalue weighted by Crippen LogP contribution is -2.05. The Morgan fingerprint density at radius 1 is 1.28 bits per heavy atom. The smallest absolute Gasteiger partial charge is 0.442 e. The number of rotatable bonds is 6. The number of aromatic nitrogens is 2. The van der Waals surface area contributed by atoms with Gasteiger partial charge in [0.05, 0.1) is 29.0 Å². The predicted octanol–water partition coefficient (Wildman–Crippen LogP) is 4.57. The highest BCUT2D eigenvalue weighted by molar-refractivity contribution is 7.93. The highest BCUT2D eigenvalue weighted by Gasteiger charge is 2.12. The minimum atomic E-state index is -2.89. The molecule has 0 aliphatic rings. The van der Waals surface area contributed by atoms with Gasteiger partial charge < -0.3 is 14.8 Å². The lowest BCUT2D eigenvalue weighted by molar-refractivity contribution is 0.164. The Morgan fingerprint density at radius 3 is 2.66 bits per heavy atom. The molecule has 0 saturated carbocycles. The third kappa shape index (κ3) is 5.09. The summed E-state index contributed by atoms with van der Waals surface area (Å²) >= 11 is 1.58. The standard InChI is InChI=1S/C19H20N4O4S2/c1-4-27-19(24)23-29(3,25)14-9-7-13(8-10-14)21-18-20-12-15(17(22-18)26-2)16-6-5-11-28-16/h5-12H,4H2,1-3H3,(H,20,21,22). The van der Waals surface area contributed by atoms with E-state index in [2.05, 4.69) is 19.6 Å². The van der Waals surface area contributed by atoms with Crippen LogP contribution in [-0.4, -0.2) is 40.2 Å². The van der Waals surface area contributed by atoms with E-state index in [1.54, 1.807) is 55.8 Å². The van der Waals surface area contributed by atoms with Gasteiger partial charge in [-0.05, 0) is 42.6 Å². The van der Waals surface area contributed by atoms with Gasteiger partial charge in [-0.25, -0.2) is 14.0 Å². The molecule has 1 unspecified atom stereocenters. The van der Waals surface area contributed by atoms with Crippen molar-refractivity contribution in [2.45, 2.75) is 11.8 Å². The molecule has 29 heavy (non-hydrogen) atoms. The molecule has 3 aromatic rings. The average Bonchev–Trinajstić information content (AvgIpc) is 3.22. The first-order valence-electron chi connectivity index (χ1n) is 8.64. The number of methoxy groups -OCH3 is 1. The van der Waals surface area contributed by atoms with Crippen molar-refractivity contribution in [3.63, 3.8) is 0 Å². The van der Waals surface area contributed by atoms with Crippen molar-refractivity contribution < 1.29 is 18.5 Å². The zero-order valence-corrected chi connectivity index (χ0v) is 17.8. The number of ether oxygens (including phenoxy) is 2. The van der Waals surface area contributed by atoms with Gasteiger partial charge in [-0.15, -0.1) is 15.7 Å². The molecule has 8 nitrogen and oxygen atoms in total. The third-order valence-electron chi connectivity index (χ3n) is 3.80. The fourth-order valence-corrected chi connectivity index (χ4v) is 4.26. The molecule has 0 bridgehead atoms. The lowest BCUT2D eigenvalue weighted by Gasteiger charge is -2.10. The molecule has 10 heteroatoms. The fraction of sp³-hybridized carbons (Fsp3) is 0.211. The summed E-state index contributed by atoms with van der Waals surface area (Å²) in [6.45, 7) is 1.84. The van der Waals surface area contributed by atoms with E-state index in [0.717, 1.165) is 10.4 Å². The molecular formula is C19H20N4O4S2. The molecule has 0 aliphatic heterocycles. The predicted molar refractivity (Wildman–Crippen MR) is 113 cm³/mol. The minimum absolute atomic E-state index is 0.176. The normalized spacial score (nSPS) is 12.7. The van der Waals surface area contributed by atoms with Gasteiger partial charge >= 0.3 is 6.09 Å². The van der Waals surface area contributed by atoms with Gasteiger partial charge in [-0.3, -0.25) is 0 Å². The van der Waals surface area contributed by atoms with Crippen molar-refractivity contribution in [3.8, 4) is 16.3 Å². The van der Waals surface area contributed by atoms with E-state index in [4.69, 9.17) is 9.47 Å². The van der Waals surface area contributed by atoms with Crippen LogP contribution in [0.25, 0.3) is 10.4 Å². The quantitative estimate of drug-likeness (QED) is 0.608. The van der Waals surface area contributed by atoms with E-state index in [1.165, 1.54) is 6.26 Å². The molecule has 0 saturated heterocycles. The number of carbonyl (C=O) groups excluding carboxylic acids is 1. The van der Waals surface area contributed by atoms with Gasteiger partial charge in [-0.2, -0.15) is 4.98 Å². The van der Waals surface area contributed by atoms with Crippen molar-refractivity contribution in [3.05, 3.63) is 48.0 Å². The van der Waals surface area contributed by atoms with Crippen molar-refractivity contribution >= 4 is 38.8 Å². The van der Waals surface area contributed by atoms with Crippen molar-refractivity contribution in [1.29, 1.82) is 0 Å². The summed E-state index contributed by atoms with van der Waals surface area (Å²) < 4.78 is 26.4. The van der Waals surface area contributed by atoms with Crippen LogP contribution in [0.3, 0.4) is 0 Å². The largest absolute Gasteiger partial charge is 0.480 e. The Hall–Kier alpha value is -2.98. The molecular weight excluding hydrogens is 412 g/mol. The molecule has 2 heterocycles. The number of benzene rings is 1. The van der Waals surface area contributed by atoms with Gasteiger partial charge in [0.15, 0.2) is 0 Å². The second-order valence-corrected chi connectivity index (χ2v) is 9.04. The van der Waals surface area contributed by atoms with Crippen molar-refractivity contribution in [1.82, 2.24) is 9.97 Å². The van der Waals surface area contributed by atoms with Crippen LogP contribution in [0.5, 0.6) is 5.88 Å². The Balaban J connectivity index is 1.80. The van der Waals surface area contributed by atoms with Crippen LogP contribution < -0.4 is 10.1 Å². The Kier molecular flexibility index (Phi) is 6.45. The second-order valence-electron chi connectivity index (χ2n) is 5.84. The first-order valence-corrected chi connectivity index (χ1v) is 11.4. The van der Waals surface area contributed by atoms with E-state index < -0.39 is 15.8 Å². The molecule has 2 aromatic heterocycles. The van der Waals surface area contributed by atoms with Gasteiger partial charge in [-0.1, -0.05) is 6.07 Å². The molecule has 0 aliphatic carbocycles. The van der Waals surface area contributed by atoms with E-state index >= 15 is 0 Å². The van der Waals surface area contributed by atoms with E-state index in [1.807, 2.05) is 17.5 Å². The first-order chi connectivity index (χ1) is 13.9. The molecule has 3 rings (SSSR count). The molecule has 152 valence electrons. The van der Waals surface area contributed by atoms with Gasteiger partial charge in [0.25, 0.3) is 0 Å². The van der Waals surface area contributed by atoms with Crippen LogP contribution in [0.4, 0.5) is 16.4 Å². The van der Waals surface area contributed by atoms with Gasteiger partial charge in [0.1, 0.15) is 0 Å². The summed E-state index contributed by atoms with van der Waals surface area (Å²) in [4.78, 5) is 21.7. The van der Waals surface area contributed by atoms with Crippen molar-refractivity contribution in [2.24, 2.45) is 4.36 Å². The van der Waals surface area contributed by atoms with Crippen molar-refractivity contribution in [2.75, 3.05) is 25.3 Å². The molecule has 0 radical (unpaired) electrons. The van der Waals surface area contributed by atoms with E-state index in [9.17, 15) is 9.00 Å². The minimum Gasteiger partial charge on any atom is -0.480 e. The van der Waals surface area contributed by atoms with Gasteiger partial charge in [0, 0.05) is 27.9 Å². The summed E-state index contributed by atoms with van der Waals surface area (Å²) in [6.07, 6.45) is 2.25. The molecule has 0 fully saturated rings. The van der Waals surface area contributed by atoms with E-state index in [-0.39, 0.29) is 6.61 Å². The molecule has 1 atom stereocenters. The first kappa shape index (κ1) is 20.7. The molecule has 1 N–H and O–H groups in total. The topological polar surface area (TPSA) is 103 Å². The second kappa shape index (κ2) is 9.01. The van der Waals surface area contributed by atoms with Crippen LogP contribution >= 0.6 is 11.3 Å².